The van der Waals surface area contributed by atoms with Crippen LogP contribution < -0.4 is 10.2 Å². The number of para-hydroxylation sites is 1. The standard InChI is InChI=1S/C25H28BrN5O3/c1-16(2)22(29-25(33)34-3)24(32)31-15-30(19-7-5-4-6-8-19)14-21(31)23-27-13-20(28-23)17-9-11-18(26)12-10-17/h4-13,16,21-22H,14-15H2,1-3H3,(H,27,28)(H,29,33)/t21?,22-/m0/s1. The second kappa shape index (κ2) is 10.3. The summed E-state index contributed by atoms with van der Waals surface area (Å²) in [6, 6.07) is 16.9. The zero-order chi connectivity index (χ0) is 24.2. The Morgan fingerprint density at radius 3 is 2.50 bits per heavy atom. The summed E-state index contributed by atoms with van der Waals surface area (Å²) in [5.41, 5.74) is 2.90. The first-order chi connectivity index (χ1) is 16.4. The predicted molar refractivity (Wildman–Crippen MR) is 134 cm³/mol. The Labute approximate surface area is 207 Å². The first-order valence-electron chi connectivity index (χ1n) is 11.1. The molecule has 4 rings (SSSR count). The Morgan fingerprint density at radius 2 is 1.85 bits per heavy atom. The van der Waals surface area contributed by atoms with Crippen molar-refractivity contribution in [2.45, 2.75) is 25.9 Å². The monoisotopic (exact) mass is 525 g/mol. The van der Waals surface area contributed by atoms with Crippen LogP contribution in [0.15, 0.2) is 65.3 Å². The number of rotatable bonds is 6. The number of alkyl carbamates (subject to hydrolysis) is 1. The molecule has 2 amide bonds. The molecule has 8 nitrogen and oxygen atoms in total. The molecule has 2 N–H and O–H groups in total. The maximum absolute atomic E-state index is 13.7. The van der Waals surface area contributed by atoms with E-state index in [1.54, 1.807) is 11.1 Å². The molecule has 0 radical (unpaired) electrons. The maximum Gasteiger partial charge on any atom is 0.407 e. The lowest BCUT2D eigenvalue weighted by atomic mass is 10.0. The van der Waals surface area contributed by atoms with Gasteiger partial charge in [0.25, 0.3) is 0 Å². The van der Waals surface area contributed by atoms with Gasteiger partial charge in [0.1, 0.15) is 17.9 Å². The molecule has 0 bridgehead atoms. The van der Waals surface area contributed by atoms with E-state index in [9.17, 15) is 9.59 Å². The van der Waals surface area contributed by atoms with Crippen LogP contribution in [0, 0.1) is 5.92 Å². The Kier molecular flexibility index (Phi) is 7.21. The molecule has 2 heterocycles. The Balaban J connectivity index is 1.65. The average Bonchev–Trinajstić information content (AvgIpc) is 3.50. The highest BCUT2D eigenvalue weighted by molar-refractivity contribution is 9.10. The van der Waals surface area contributed by atoms with Gasteiger partial charge in [-0.1, -0.05) is 60.1 Å². The van der Waals surface area contributed by atoms with Crippen molar-refractivity contribution in [3.05, 3.63) is 71.1 Å². The van der Waals surface area contributed by atoms with Gasteiger partial charge in [-0.3, -0.25) is 4.79 Å². The van der Waals surface area contributed by atoms with Gasteiger partial charge in [0.05, 0.1) is 25.7 Å². The van der Waals surface area contributed by atoms with Crippen LogP contribution in [0.5, 0.6) is 0 Å². The molecule has 1 aromatic heterocycles. The van der Waals surface area contributed by atoms with E-state index in [1.807, 2.05) is 68.4 Å². The number of methoxy groups -OCH3 is 1. The van der Waals surface area contributed by atoms with Gasteiger partial charge in [0.15, 0.2) is 0 Å². The van der Waals surface area contributed by atoms with Crippen LogP contribution >= 0.6 is 15.9 Å². The van der Waals surface area contributed by atoms with E-state index < -0.39 is 12.1 Å². The minimum Gasteiger partial charge on any atom is -0.453 e. The number of aromatic nitrogens is 2. The number of nitrogens with zero attached hydrogens (tertiary/aromatic N) is 3. The topological polar surface area (TPSA) is 90.6 Å². The molecule has 34 heavy (non-hydrogen) atoms. The summed E-state index contributed by atoms with van der Waals surface area (Å²) in [5.74, 6) is 0.406. The number of hydrogen-bond donors (Lipinski definition) is 2. The van der Waals surface area contributed by atoms with Crippen LogP contribution in [0.1, 0.15) is 25.7 Å². The van der Waals surface area contributed by atoms with Crippen molar-refractivity contribution >= 4 is 33.6 Å². The van der Waals surface area contributed by atoms with E-state index in [0.29, 0.717) is 19.0 Å². The number of carbonyl (C=O) groups is 2. The molecule has 1 saturated heterocycles. The molecule has 0 aliphatic carbocycles. The molecule has 9 heteroatoms. The molecule has 178 valence electrons. The van der Waals surface area contributed by atoms with E-state index in [2.05, 4.69) is 36.1 Å². The number of anilines is 1. The Morgan fingerprint density at radius 1 is 1.15 bits per heavy atom. The smallest absolute Gasteiger partial charge is 0.407 e. The second-order valence-corrected chi connectivity index (χ2v) is 9.49. The van der Waals surface area contributed by atoms with Gasteiger partial charge in [-0.15, -0.1) is 0 Å². The summed E-state index contributed by atoms with van der Waals surface area (Å²) >= 11 is 3.46. The zero-order valence-corrected chi connectivity index (χ0v) is 21.0. The van der Waals surface area contributed by atoms with Crippen LogP contribution in [0.4, 0.5) is 10.5 Å². The highest BCUT2D eigenvalue weighted by Crippen LogP contribution is 2.32. The fourth-order valence-corrected chi connectivity index (χ4v) is 4.36. The van der Waals surface area contributed by atoms with Crippen molar-refractivity contribution in [2.24, 2.45) is 5.92 Å². The largest absolute Gasteiger partial charge is 0.453 e. The number of imidazole rings is 1. The van der Waals surface area contributed by atoms with Gasteiger partial charge >= 0.3 is 6.09 Å². The number of nitrogens with one attached hydrogen (secondary N) is 2. The van der Waals surface area contributed by atoms with Gasteiger partial charge in [0.2, 0.25) is 5.91 Å². The maximum atomic E-state index is 13.7. The summed E-state index contributed by atoms with van der Waals surface area (Å²) < 4.78 is 5.75. The van der Waals surface area contributed by atoms with Crippen LogP contribution in [-0.4, -0.2) is 53.2 Å². The van der Waals surface area contributed by atoms with Gasteiger partial charge in [-0.25, -0.2) is 9.78 Å². The number of amides is 2. The first-order valence-corrected chi connectivity index (χ1v) is 11.9. The van der Waals surface area contributed by atoms with Crippen molar-refractivity contribution in [1.29, 1.82) is 0 Å². The van der Waals surface area contributed by atoms with Crippen LogP contribution in [0.2, 0.25) is 0 Å². The summed E-state index contributed by atoms with van der Waals surface area (Å²) in [6.45, 7) is 4.76. The third-order valence-corrected chi connectivity index (χ3v) is 6.48. The van der Waals surface area contributed by atoms with Gasteiger partial charge in [0, 0.05) is 16.7 Å². The fraction of sp³-hybridized carbons (Fsp3) is 0.320. The number of benzene rings is 2. The SMILES string of the molecule is COC(=O)N[C@H](C(=O)N1CN(c2ccccc2)CC1c1ncc(-c2ccc(Br)cc2)[nH]1)C(C)C. The number of halogens is 1. The van der Waals surface area contributed by atoms with Crippen molar-refractivity contribution in [3.8, 4) is 11.3 Å². The summed E-state index contributed by atoms with van der Waals surface area (Å²) in [7, 11) is 1.29. The lowest BCUT2D eigenvalue weighted by Gasteiger charge is -2.29. The van der Waals surface area contributed by atoms with E-state index in [0.717, 1.165) is 21.4 Å². The summed E-state index contributed by atoms with van der Waals surface area (Å²) in [4.78, 5) is 37.6. The lowest BCUT2D eigenvalue weighted by Crippen LogP contribution is -2.51. The van der Waals surface area contributed by atoms with Crippen molar-refractivity contribution < 1.29 is 14.3 Å². The van der Waals surface area contributed by atoms with Crippen molar-refractivity contribution in [1.82, 2.24) is 20.2 Å². The molecule has 0 saturated carbocycles. The highest BCUT2D eigenvalue weighted by atomic mass is 79.9. The van der Waals surface area contributed by atoms with E-state index >= 15 is 0 Å². The molecule has 1 aliphatic heterocycles. The number of carbonyl (C=O) groups excluding carboxylic acids is 2. The molecular weight excluding hydrogens is 498 g/mol. The van der Waals surface area contributed by atoms with Gasteiger partial charge in [-0.2, -0.15) is 0 Å². The van der Waals surface area contributed by atoms with E-state index in [4.69, 9.17) is 4.74 Å². The molecule has 3 aromatic rings. The molecule has 2 atom stereocenters. The molecule has 1 fully saturated rings. The van der Waals surface area contributed by atoms with E-state index in [-0.39, 0.29) is 17.9 Å². The number of ether oxygens (including phenoxy) is 1. The highest BCUT2D eigenvalue weighted by Gasteiger charge is 2.40. The van der Waals surface area contributed by atoms with Crippen molar-refractivity contribution in [2.75, 3.05) is 25.2 Å². The number of hydrogen-bond acceptors (Lipinski definition) is 5. The number of H-pyrrole nitrogens is 1. The summed E-state index contributed by atoms with van der Waals surface area (Å²) in [5, 5.41) is 2.70. The van der Waals surface area contributed by atoms with Gasteiger partial charge in [-0.05, 0) is 35.7 Å². The lowest BCUT2D eigenvalue weighted by molar-refractivity contribution is -0.135. The molecule has 1 unspecified atom stereocenters. The fourth-order valence-electron chi connectivity index (χ4n) is 4.09. The number of aromatic amines is 1. The quantitative estimate of drug-likeness (QED) is 0.492. The average molecular weight is 526 g/mol. The third kappa shape index (κ3) is 5.09. The molecule has 0 spiro atoms. The Hall–Kier alpha value is -3.33. The Bertz CT molecular complexity index is 1130. The minimum atomic E-state index is -0.716. The zero-order valence-electron chi connectivity index (χ0n) is 19.4. The normalized spacial score (nSPS) is 16.6. The van der Waals surface area contributed by atoms with Gasteiger partial charge < -0.3 is 24.8 Å². The van der Waals surface area contributed by atoms with Crippen molar-refractivity contribution in [3.63, 3.8) is 0 Å². The molecular formula is C25H28BrN5O3. The first kappa shape index (κ1) is 23.8. The molecule has 1 aliphatic rings. The molecule has 2 aromatic carbocycles. The predicted octanol–water partition coefficient (Wildman–Crippen LogP) is 4.57. The van der Waals surface area contributed by atoms with Crippen LogP contribution in [-0.2, 0) is 9.53 Å². The second-order valence-electron chi connectivity index (χ2n) is 8.57. The minimum absolute atomic E-state index is 0.118. The summed E-state index contributed by atoms with van der Waals surface area (Å²) in [6.07, 6.45) is 1.16. The van der Waals surface area contributed by atoms with Crippen LogP contribution in [0.25, 0.3) is 11.3 Å². The van der Waals surface area contributed by atoms with Crippen LogP contribution in [0.3, 0.4) is 0 Å². The third-order valence-electron chi connectivity index (χ3n) is 5.95. The van der Waals surface area contributed by atoms with E-state index in [1.165, 1.54) is 7.11 Å².